The molecule has 0 saturated carbocycles. The zero-order chi connectivity index (χ0) is 23.6. The minimum Gasteiger partial charge on any atom is -0.457 e. The quantitative estimate of drug-likeness (QED) is 0.257. The van der Waals surface area contributed by atoms with Gasteiger partial charge in [-0.2, -0.15) is 5.26 Å². The number of ether oxygens (including phenoxy) is 2. The van der Waals surface area contributed by atoms with Crippen molar-refractivity contribution in [2.45, 2.75) is 13.3 Å². The predicted molar refractivity (Wildman–Crippen MR) is 129 cm³/mol. The van der Waals surface area contributed by atoms with E-state index in [0.29, 0.717) is 35.1 Å². The highest BCUT2D eigenvalue weighted by atomic mass is 16.5. The van der Waals surface area contributed by atoms with Gasteiger partial charge < -0.3 is 30.5 Å². The Kier molecular flexibility index (Phi) is 8.00. The van der Waals surface area contributed by atoms with E-state index in [0.717, 1.165) is 17.5 Å². The summed E-state index contributed by atoms with van der Waals surface area (Å²) in [5.41, 5.74) is 3.21. The number of carbonyl (C=O) groups is 1. The van der Waals surface area contributed by atoms with Gasteiger partial charge in [-0.15, -0.1) is 0 Å². The first kappa shape index (κ1) is 23.3. The van der Waals surface area contributed by atoms with Crippen LogP contribution in [0, 0.1) is 23.7 Å². The standard InChI is InChI=1S/C25H25N5O3/c1-17-22(30-23(31)12-13-32-2)16-28-24(17)25(18(14-26)15-27)29-19-8-10-21(11-9-19)33-20-6-4-3-5-7-20/h3-11,14,16,26,28-29H,12-13H2,1-2H3,(H,30,31)/b25-18-,26-14?. The molecule has 33 heavy (non-hydrogen) atoms. The van der Waals surface area contributed by atoms with Crippen LogP contribution in [0.1, 0.15) is 17.7 Å². The number of para-hydroxylation sites is 1. The number of aromatic nitrogens is 1. The van der Waals surface area contributed by atoms with Crippen molar-refractivity contribution in [2.75, 3.05) is 24.4 Å². The number of hydrogen-bond donors (Lipinski definition) is 4. The predicted octanol–water partition coefficient (Wildman–Crippen LogP) is 5.09. The smallest absolute Gasteiger partial charge is 0.226 e. The van der Waals surface area contributed by atoms with Crippen LogP contribution in [0.2, 0.25) is 0 Å². The Morgan fingerprint density at radius 3 is 2.45 bits per heavy atom. The Balaban J connectivity index is 1.82. The maximum atomic E-state index is 12.1. The van der Waals surface area contributed by atoms with E-state index in [9.17, 15) is 10.1 Å². The minimum atomic E-state index is -0.175. The summed E-state index contributed by atoms with van der Waals surface area (Å²) < 4.78 is 10.8. The third-order valence-electron chi connectivity index (χ3n) is 4.83. The largest absolute Gasteiger partial charge is 0.457 e. The molecule has 1 amide bonds. The highest BCUT2D eigenvalue weighted by molar-refractivity contribution is 5.99. The van der Waals surface area contributed by atoms with Crippen LogP contribution >= 0.6 is 0 Å². The van der Waals surface area contributed by atoms with Crippen molar-refractivity contribution in [3.8, 4) is 17.6 Å². The molecule has 168 valence electrons. The average Bonchev–Trinajstić information content (AvgIpc) is 3.19. The number of anilines is 2. The molecule has 8 nitrogen and oxygen atoms in total. The van der Waals surface area contributed by atoms with E-state index >= 15 is 0 Å². The summed E-state index contributed by atoms with van der Waals surface area (Å²) in [6, 6.07) is 18.8. The first-order valence-corrected chi connectivity index (χ1v) is 10.3. The van der Waals surface area contributed by atoms with Crippen LogP contribution in [-0.4, -0.2) is 30.8 Å². The van der Waals surface area contributed by atoms with Crippen LogP contribution in [-0.2, 0) is 9.53 Å². The summed E-state index contributed by atoms with van der Waals surface area (Å²) >= 11 is 0. The maximum absolute atomic E-state index is 12.1. The molecule has 4 N–H and O–H groups in total. The third kappa shape index (κ3) is 6.09. The van der Waals surface area contributed by atoms with E-state index in [1.165, 1.54) is 7.11 Å². The lowest BCUT2D eigenvalue weighted by Crippen LogP contribution is -2.14. The van der Waals surface area contributed by atoms with Gasteiger partial charge in [0, 0.05) is 25.2 Å². The van der Waals surface area contributed by atoms with Gasteiger partial charge in [-0.3, -0.25) is 4.79 Å². The van der Waals surface area contributed by atoms with Gasteiger partial charge in [0.05, 0.1) is 35.7 Å². The number of nitrogens with one attached hydrogen (secondary N) is 4. The lowest BCUT2D eigenvalue weighted by atomic mass is 10.1. The molecule has 0 aliphatic carbocycles. The average molecular weight is 444 g/mol. The zero-order valence-corrected chi connectivity index (χ0v) is 18.4. The number of methoxy groups -OCH3 is 1. The summed E-state index contributed by atoms with van der Waals surface area (Å²) in [6.45, 7) is 2.15. The molecule has 0 unspecified atom stereocenters. The van der Waals surface area contributed by atoms with Crippen LogP contribution in [0.3, 0.4) is 0 Å². The number of rotatable bonds is 10. The summed E-state index contributed by atoms with van der Waals surface area (Å²) in [4.78, 5) is 15.2. The maximum Gasteiger partial charge on any atom is 0.226 e. The number of nitrogens with zero attached hydrogens (tertiary/aromatic N) is 1. The van der Waals surface area contributed by atoms with Gasteiger partial charge in [0.15, 0.2) is 0 Å². The first-order chi connectivity index (χ1) is 16.0. The van der Waals surface area contributed by atoms with E-state index in [4.69, 9.17) is 14.9 Å². The molecule has 0 spiro atoms. The van der Waals surface area contributed by atoms with Crippen molar-refractivity contribution in [2.24, 2.45) is 0 Å². The van der Waals surface area contributed by atoms with Gasteiger partial charge in [-0.25, -0.2) is 0 Å². The van der Waals surface area contributed by atoms with Crippen LogP contribution in [0.15, 0.2) is 66.4 Å². The van der Waals surface area contributed by atoms with Crippen LogP contribution < -0.4 is 15.4 Å². The molecule has 0 aliphatic rings. The van der Waals surface area contributed by atoms with Gasteiger partial charge in [0.25, 0.3) is 0 Å². The summed E-state index contributed by atoms with van der Waals surface area (Å²) in [5, 5.41) is 23.3. The molecule has 0 atom stereocenters. The van der Waals surface area contributed by atoms with Gasteiger partial charge in [0.1, 0.15) is 17.6 Å². The number of benzene rings is 2. The number of carbonyl (C=O) groups excluding carboxylic acids is 1. The molecule has 2 aromatic carbocycles. The summed E-state index contributed by atoms with van der Waals surface area (Å²) in [6.07, 6.45) is 2.89. The fraction of sp³-hybridized carbons (Fsp3) is 0.160. The number of hydrogen-bond acceptors (Lipinski definition) is 6. The second kappa shape index (κ2) is 11.3. The Hall–Kier alpha value is -4.35. The fourth-order valence-electron chi connectivity index (χ4n) is 3.09. The van der Waals surface area contributed by atoms with Gasteiger partial charge in [-0.05, 0) is 48.9 Å². The van der Waals surface area contributed by atoms with Crippen molar-refractivity contribution in [3.05, 3.63) is 77.6 Å². The molecule has 3 rings (SSSR count). The second-order valence-corrected chi connectivity index (χ2v) is 7.10. The van der Waals surface area contributed by atoms with Crippen molar-refractivity contribution in [3.63, 3.8) is 0 Å². The number of allylic oxidation sites excluding steroid dienone is 1. The normalized spacial score (nSPS) is 11.2. The van der Waals surface area contributed by atoms with Gasteiger partial charge in [0.2, 0.25) is 5.91 Å². The first-order valence-electron chi connectivity index (χ1n) is 10.3. The number of H-pyrrole nitrogens is 1. The van der Waals surface area contributed by atoms with Crippen LogP contribution in [0.5, 0.6) is 11.5 Å². The molecule has 0 radical (unpaired) electrons. The van der Waals surface area contributed by atoms with E-state index in [1.807, 2.05) is 67.6 Å². The van der Waals surface area contributed by atoms with Crippen molar-refractivity contribution in [1.29, 1.82) is 10.7 Å². The fourth-order valence-corrected chi connectivity index (χ4v) is 3.09. The highest BCUT2D eigenvalue weighted by Crippen LogP contribution is 2.29. The molecule has 0 fully saturated rings. The molecule has 0 saturated heterocycles. The monoisotopic (exact) mass is 443 g/mol. The molecule has 1 aromatic heterocycles. The van der Waals surface area contributed by atoms with E-state index in [2.05, 4.69) is 15.6 Å². The topological polar surface area (TPSA) is 123 Å². The Labute approximate surface area is 192 Å². The van der Waals surface area contributed by atoms with Gasteiger partial charge in [-0.1, -0.05) is 18.2 Å². The molecular weight excluding hydrogens is 418 g/mol. The summed E-state index contributed by atoms with van der Waals surface area (Å²) in [7, 11) is 1.54. The van der Waals surface area contributed by atoms with E-state index in [-0.39, 0.29) is 17.9 Å². The third-order valence-corrected chi connectivity index (χ3v) is 4.83. The van der Waals surface area contributed by atoms with Crippen molar-refractivity contribution < 1.29 is 14.3 Å². The lowest BCUT2D eigenvalue weighted by molar-refractivity contribution is -0.117. The number of aromatic amines is 1. The number of amides is 1. The van der Waals surface area contributed by atoms with E-state index < -0.39 is 0 Å². The molecule has 1 heterocycles. The highest BCUT2D eigenvalue weighted by Gasteiger charge is 2.17. The van der Waals surface area contributed by atoms with E-state index in [1.54, 1.807) is 6.20 Å². The molecule has 8 heteroatoms. The van der Waals surface area contributed by atoms with Gasteiger partial charge >= 0.3 is 0 Å². The summed E-state index contributed by atoms with van der Waals surface area (Å²) in [5.74, 6) is 1.23. The minimum absolute atomic E-state index is 0.141. The second-order valence-electron chi connectivity index (χ2n) is 7.10. The Morgan fingerprint density at radius 1 is 1.12 bits per heavy atom. The molecule has 0 aliphatic heterocycles. The lowest BCUT2D eigenvalue weighted by Gasteiger charge is -2.13. The SMILES string of the molecule is COCCC(=O)Nc1c[nH]c(/C(Nc2ccc(Oc3ccccc3)cc2)=C(/C#N)C=N)c1C. The zero-order valence-electron chi connectivity index (χ0n) is 18.4. The van der Waals surface area contributed by atoms with Crippen molar-refractivity contribution >= 4 is 29.2 Å². The number of nitriles is 1. The molecular formula is C25H25N5O3. The van der Waals surface area contributed by atoms with Crippen LogP contribution in [0.4, 0.5) is 11.4 Å². The molecule has 3 aromatic rings. The Morgan fingerprint density at radius 2 is 1.82 bits per heavy atom. The Bertz CT molecular complexity index is 1180. The molecule has 0 bridgehead atoms. The van der Waals surface area contributed by atoms with Crippen LogP contribution in [0.25, 0.3) is 5.70 Å². The van der Waals surface area contributed by atoms with Crippen molar-refractivity contribution in [1.82, 2.24) is 4.98 Å².